The average Bonchev–Trinajstić information content (AvgIpc) is 2.46. The highest BCUT2D eigenvalue weighted by molar-refractivity contribution is 5.56. The van der Waals surface area contributed by atoms with E-state index in [0.717, 1.165) is 23.5 Å². The van der Waals surface area contributed by atoms with E-state index in [1.54, 1.807) is 12.1 Å². The Kier molecular flexibility index (Phi) is 4.85. The van der Waals surface area contributed by atoms with Crippen LogP contribution >= 0.6 is 0 Å². The van der Waals surface area contributed by atoms with E-state index in [2.05, 4.69) is 29.1 Å². The molecular weight excluding hydrogens is 267 g/mol. The molecule has 0 radical (unpaired) electrons. The molecule has 4 nitrogen and oxygen atoms in total. The summed E-state index contributed by atoms with van der Waals surface area (Å²) in [6.45, 7) is 6.94. The Morgan fingerprint density at radius 2 is 1.90 bits per heavy atom. The average molecular weight is 288 g/mol. The lowest BCUT2D eigenvalue weighted by Gasteiger charge is -2.18. The highest BCUT2D eigenvalue weighted by atomic mass is 19.1. The van der Waals surface area contributed by atoms with Crippen molar-refractivity contribution in [3.8, 4) is 0 Å². The molecule has 0 aliphatic heterocycles. The van der Waals surface area contributed by atoms with Crippen molar-refractivity contribution in [2.45, 2.75) is 33.4 Å². The molecule has 0 unspecified atom stereocenters. The molecule has 1 heterocycles. The van der Waals surface area contributed by atoms with Crippen molar-refractivity contribution >= 4 is 11.6 Å². The summed E-state index contributed by atoms with van der Waals surface area (Å²) in [5.74, 6) is 0.353. The highest BCUT2D eigenvalue weighted by Gasteiger charge is 2.09. The van der Waals surface area contributed by atoms with Gasteiger partial charge in [-0.1, -0.05) is 13.8 Å². The van der Waals surface area contributed by atoms with Gasteiger partial charge in [0.25, 0.3) is 0 Å². The molecule has 5 heteroatoms. The standard InChI is InChI=1S/C16H21FN4/c1-11(2)18-9-13-10-19-16(20-12(13)3)21(4)15-7-5-14(17)6-8-15/h5-8,10-11,18H,9H2,1-4H3. The van der Waals surface area contributed by atoms with Crippen LogP contribution in [0.15, 0.2) is 30.5 Å². The van der Waals surface area contributed by atoms with Crippen LogP contribution in [0.1, 0.15) is 25.1 Å². The van der Waals surface area contributed by atoms with E-state index in [0.29, 0.717) is 12.0 Å². The Morgan fingerprint density at radius 3 is 2.48 bits per heavy atom. The summed E-state index contributed by atoms with van der Waals surface area (Å²) in [5.41, 5.74) is 2.88. The van der Waals surface area contributed by atoms with E-state index in [1.807, 2.05) is 25.1 Å². The van der Waals surface area contributed by atoms with E-state index in [1.165, 1.54) is 12.1 Å². The minimum absolute atomic E-state index is 0.251. The summed E-state index contributed by atoms with van der Waals surface area (Å²) in [5, 5.41) is 3.35. The van der Waals surface area contributed by atoms with Crippen molar-refractivity contribution in [1.82, 2.24) is 15.3 Å². The molecular formula is C16H21FN4. The lowest BCUT2D eigenvalue weighted by atomic mass is 10.2. The quantitative estimate of drug-likeness (QED) is 0.917. The first-order valence-electron chi connectivity index (χ1n) is 7.02. The number of halogens is 1. The van der Waals surface area contributed by atoms with E-state index in [4.69, 9.17) is 0 Å². The van der Waals surface area contributed by atoms with E-state index in [-0.39, 0.29) is 5.82 Å². The van der Waals surface area contributed by atoms with Gasteiger partial charge < -0.3 is 10.2 Å². The van der Waals surface area contributed by atoms with Gasteiger partial charge in [-0.3, -0.25) is 0 Å². The fraction of sp³-hybridized carbons (Fsp3) is 0.375. The van der Waals surface area contributed by atoms with Gasteiger partial charge in [-0.25, -0.2) is 14.4 Å². The summed E-state index contributed by atoms with van der Waals surface area (Å²) < 4.78 is 13.0. The van der Waals surface area contributed by atoms with Crippen molar-refractivity contribution in [3.63, 3.8) is 0 Å². The molecule has 0 saturated carbocycles. The third-order valence-corrected chi connectivity index (χ3v) is 3.28. The highest BCUT2D eigenvalue weighted by Crippen LogP contribution is 2.20. The van der Waals surface area contributed by atoms with Crippen LogP contribution in [-0.2, 0) is 6.54 Å². The maximum absolute atomic E-state index is 13.0. The molecule has 1 aromatic heterocycles. The van der Waals surface area contributed by atoms with Gasteiger partial charge in [0.05, 0.1) is 0 Å². The van der Waals surface area contributed by atoms with Gasteiger partial charge in [-0.05, 0) is 31.2 Å². The van der Waals surface area contributed by atoms with Gasteiger partial charge in [0, 0.05) is 42.8 Å². The molecule has 0 fully saturated rings. The summed E-state index contributed by atoms with van der Waals surface area (Å²) >= 11 is 0. The van der Waals surface area contributed by atoms with Gasteiger partial charge in [0.2, 0.25) is 5.95 Å². The topological polar surface area (TPSA) is 41.1 Å². The first-order chi connectivity index (χ1) is 9.97. The van der Waals surface area contributed by atoms with E-state index >= 15 is 0 Å². The largest absolute Gasteiger partial charge is 0.314 e. The lowest BCUT2D eigenvalue weighted by Crippen LogP contribution is -2.23. The van der Waals surface area contributed by atoms with Gasteiger partial charge in [0.1, 0.15) is 5.82 Å². The number of anilines is 2. The van der Waals surface area contributed by atoms with Crippen LogP contribution in [0.5, 0.6) is 0 Å². The number of aryl methyl sites for hydroxylation is 1. The zero-order chi connectivity index (χ0) is 15.4. The molecule has 1 N–H and O–H groups in total. The first kappa shape index (κ1) is 15.4. The zero-order valence-corrected chi connectivity index (χ0v) is 12.9. The van der Waals surface area contributed by atoms with Crippen LogP contribution in [-0.4, -0.2) is 23.1 Å². The molecule has 0 amide bonds. The number of nitrogens with one attached hydrogen (secondary N) is 1. The molecule has 0 aliphatic rings. The van der Waals surface area contributed by atoms with Crippen molar-refractivity contribution < 1.29 is 4.39 Å². The first-order valence-corrected chi connectivity index (χ1v) is 7.02. The summed E-state index contributed by atoms with van der Waals surface area (Å²) in [6, 6.07) is 6.70. The minimum atomic E-state index is -0.251. The third-order valence-electron chi connectivity index (χ3n) is 3.28. The Morgan fingerprint density at radius 1 is 1.24 bits per heavy atom. The van der Waals surface area contributed by atoms with E-state index < -0.39 is 0 Å². The number of hydrogen-bond donors (Lipinski definition) is 1. The Bertz CT molecular complexity index is 596. The molecule has 1 aromatic carbocycles. The molecule has 112 valence electrons. The fourth-order valence-electron chi connectivity index (χ4n) is 1.91. The number of rotatable bonds is 5. The summed E-state index contributed by atoms with van der Waals surface area (Å²) in [6.07, 6.45) is 1.84. The van der Waals surface area contributed by atoms with Gasteiger partial charge >= 0.3 is 0 Å². The number of benzene rings is 1. The number of nitrogens with zero attached hydrogens (tertiary/aromatic N) is 3. The summed E-state index contributed by atoms with van der Waals surface area (Å²) in [4.78, 5) is 10.8. The normalized spacial score (nSPS) is 11.0. The second kappa shape index (κ2) is 6.63. The molecule has 2 aromatic rings. The molecule has 0 spiro atoms. The maximum Gasteiger partial charge on any atom is 0.229 e. The summed E-state index contributed by atoms with van der Waals surface area (Å²) in [7, 11) is 1.87. The van der Waals surface area contributed by atoms with Crippen molar-refractivity contribution in [3.05, 3.63) is 47.5 Å². The second-order valence-corrected chi connectivity index (χ2v) is 5.35. The van der Waals surface area contributed by atoms with Crippen LogP contribution in [0.4, 0.5) is 16.0 Å². The Hall–Kier alpha value is -2.01. The molecule has 21 heavy (non-hydrogen) atoms. The van der Waals surface area contributed by atoms with Gasteiger partial charge in [-0.15, -0.1) is 0 Å². The lowest BCUT2D eigenvalue weighted by molar-refractivity contribution is 0.585. The second-order valence-electron chi connectivity index (χ2n) is 5.35. The van der Waals surface area contributed by atoms with Gasteiger partial charge in [-0.2, -0.15) is 0 Å². The van der Waals surface area contributed by atoms with Crippen molar-refractivity contribution in [2.75, 3.05) is 11.9 Å². The minimum Gasteiger partial charge on any atom is -0.314 e. The fourth-order valence-corrected chi connectivity index (χ4v) is 1.91. The Balaban J connectivity index is 2.17. The van der Waals surface area contributed by atoms with Crippen LogP contribution in [0, 0.1) is 12.7 Å². The third kappa shape index (κ3) is 3.98. The number of hydrogen-bond acceptors (Lipinski definition) is 4. The van der Waals surface area contributed by atoms with Crippen LogP contribution in [0.2, 0.25) is 0 Å². The molecule has 0 aliphatic carbocycles. The zero-order valence-electron chi connectivity index (χ0n) is 12.9. The van der Waals surface area contributed by atoms with Crippen LogP contribution in [0.3, 0.4) is 0 Å². The van der Waals surface area contributed by atoms with Gasteiger partial charge in [0.15, 0.2) is 0 Å². The van der Waals surface area contributed by atoms with E-state index in [9.17, 15) is 4.39 Å². The SMILES string of the molecule is Cc1nc(N(C)c2ccc(F)cc2)ncc1CNC(C)C. The monoisotopic (exact) mass is 288 g/mol. The van der Waals surface area contributed by atoms with Crippen LogP contribution in [0.25, 0.3) is 0 Å². The Labute approximate surface area is 125 Å². The molecule has 0 atom stereocenters. The molecule has 0 saturated heterocycles. The van der Waals surface area contributed by atoms with Crippen molar-refractivity contribution in [2.24, 2.45) is 0 Å². The molecule has 2 rings (SSSR count). The van der Waals surface area contributed by atoms with Crippen LogP contribution < -0.4 is 10.2 Å². The van der Waals surface area contributed by atoms with Crippen molar-refractivity contribution in [1.29, 1.82) is 0 Å². The number of aromatic nitrogens is 2. The smallest absolute Gasteiger partial charge is 0.229 e. The predicted octanol–water partition coefficient (Wildman–Crippen LogP) is 3.19. The molecule has 0 bridgehead atoms. The predicted molar refractivity (Wildman–Crippen MR) is 83.2 cm³/mol. The maximum atomic E-state index is 13.0.